The lowest BCUT2D eigenvalue weighted by molar-refractivity contribution is 0.443. The molecule has 0 bridgehead atoms. The molecule has 0 radical (unpaired) electrons. The second kappa shape index (κ2) is 15.7. The minimum absolute atomic E-state index is 0.509. The van der Waals surface area contributed by atoms with E-state index < -0.39 is 5.41 Å². The second-order valence-electron chi connectivity index (χ2n) is 17.4. The van der Waals surface area contributed by atoms with Gasteiger partial charge in [-0.1, -0.05) is 201 Å². The van der Waals surface area contributed by atoms with Crippen molar-refractivity contribution in [1.82, 2.24) is 0 Å². The average Bonchev–Trinajstić information content (AvgIpc) is 3.90. The standard InChI is InChI=1S/C61H47NS/c1-4-19-42(20-5-1)43-35-37-47(38-36-43)62(57-40-39-50(44-21-6-2-7-22-44)60-59(57)53-30-13-17-34-58(53)63-60)48-26-18-23-45(41-48)49-27-10-14-31-54(49)61(46-24-8-3-9-25-46)55-32-15-11-28-51(55)52-29-12-16-33-56(52)61/h2-3,6-18,21-42H,1,4-5,19-20H2. The van der Waals surface area contributed by atoms with Crippen LogP contribution < -0.4 is 4.90 Å². The molecule has 1 nitrogen and oxygen atoms in total. The van der Waals surface area contributed by atoms with Crippen molar-refractivity contribution in [2.45, 2.75) is 43.4 Å². The number of benzene rings is 9. The molecule has 0 spiro atoms. The molecule has 0 amide bonds. The Kier molecular flexibility index (Phi) is 9.42. The first-order valence-corrected chi connectivity index (χ1v) is 23.4. The Balaban J connectivity index is 1.09. The summed E-state index contributed by atoms with van der Waals surface area (Å²) in [5.74, 6) is 0.640. The van der Waals surface area contributed by atoms with Crippen LogP contribution in [0, 0.1) is 0 Å². The number of fused-ring (bicyclic) bond motifs is 6. The fourth-order valence-electron chi connectivity index (χ4n) is 11.2. The molecular formula is C61H47NS. The highest BCUT2D eigenvalue weighted by Crippen LogP contribution is 2.58. The monoisotopic (exact) mass is 825 g/mol. The van der Waals surface area contributed by atoms with Crippen LogP contribution in [0.4, 0.5) is 17.1 Å². The van der Waals surface area contributed by atoms with Crippen LogP contribution in [0.3, 0.4) is 0 Å². The summed E-state index contributed by atoms with van der Waals surface area (Å²) in [6.07, 6.45) is 6.58. The van der Waals surface area contributed by atoms with Crippen LogP contribution in [0.15, 0.2) is 218 Å². The third kappa shape index (κ3) is 6.19. The minimum Gasteiger partial charge on any atom is -0.310 e. The van der Waals surface area contributed by atoms with Crippen LogP contribution in [0.5, 0.6) is 0 Å². The van der Waals surface area contributed by atoms with Crippen molar-refractivity contribution < 1.29 is 0 Å². The maximum absolute atomic E-state index is 2.53. The van der Waals surface area contributed by atoms with Gasteiger partial charge in [0.05, 0.1) is 11.1 Å². The minimum atomic E-state index is -0.509. The van der Waals surface area contributed by atoms with Gasteiger partial charge in [0.15, 0.2) is 0 Å². The van der Waals surface area contributed by atoms with Crippen molar-refractivity contribution in [3.8, 4) is 33.4 Å². The zero-order valence-electron chi connectivity index (χ0n) is 35.3. The lowest BCUT2D eigenvalue weighted by Gasteiger charge is -2.35. The summed E-state index contributed by atoms with van der Waals surface area (Å²) < 4.78 is 2.62. The lowest BCUT2D eigenvalue weighted by atomic mass is 9.66. The fraction of sp³-hybridized carbons (Fsp3) is 0.115. The van der Waals surface area contributed by atoms with Gasteiger partial charge in [-0.25, -0.2) is 0 Å². The Morgan fingerprint density at radius 3 is 1.73 bits per heavy atom. The van der Waals surface area contributed by atoms with E-state index in [1.54, 1.807) is 0 Å². The second-order valence-corrected chi connectivity index (χ2v) is 18.4. The molecule has 12 rings (SSSR count). The fourth-order valence-corrected chi connectivity index (χ4v) is 12.4. The first kappa shape index (κ1) is 37.7. The molecule has 9 aromatic carbocycles. The number of hydrogen-bond acceptors (Lipinski definition) is 2. The highest BCUT2D eigenvalue weighted by atomic mass is 32.1. The summed E-state index contributed by atoms with van der Waals surface area (Å²) in [5, 5.41) is 2.58. The number of rotatable bonds is 8. The van der Waals surface area contributed by atoms with Crippen molar-refractivity contribution in [1.29, 1.82) is 0 Å². The Bertz CT molecular complexity index is 3220. The van der Waals surface area contributed by atoms with Gasteiger partial charge in [-0.05, 0) is 116 Å². The van der Waals surface area contributed by atoms with Gasteiger partial charge in [0.25, 0.3) is 0 Å². The van der Waals surface area contributed by atoms with Crippen LogP contribution in [0.1, 0.15) is 65.8 Å². The van der Waals surface area contributed by atoms with E-state index in [4.69, 9.17) is 0 Å². The number of hydrogen-bond donors (Lipinski definition) is 0. The van der Waals surface area contributed by atoms with Crippen LogP contribution in [0.25, 0.3) is 53.6 Å². The summed E-state index contributed by atoms with van der Waals surface area (Å²) in [6, 6.07) is 81.9. The predicted molar refractivity (Wildman–Crippen MR) is 268 cm³/mol. The molecule has 0 atom stereocenters. The molecule has 1 saturated carbocycles. The van der Waals surface area contributed by atoms with Crippen molar-refractivity contribution in [2.75, 3.05) is 4.90 Å². The van der Waals surface area contributed by atoms with Gasteiger partial charge in [-0.15, -0.1) is 11.3 Å². The van der Waals surface area contributed by atoms with Crippen LogP contribution in [-0.2, 0) is 5.41 Å². The molecular weight excluding hydrogens is 779 g/mol. The molecule has 0 unspecified atom stereocenters. The van der Waals surface area contributed by atoms with Crippen molar-refractivity contribution >= 4 is 48.6 Å². The van der Waals surface area contributed by atoms with Gasteiger partial charge in [-0.3, -0.25) is 0 Å². The van der Waals surface area contributed by atoms with Gasteiger partial charge < -0.3 is 4.90 Å². The molecule has 1 fully saturated rings. The van der Waals surface area contributed by atoms with Crippen LogP contribution >= 0.6 is 11.3 Å². The smallest absolute Gasteiger partial charge is 0.0719 e. The molecule has 2 aliphatic carbocycles. The molecule has 1 heterocycles. The summed E-state index contributed by atoms with van der Waals surface area (Å²) in [7, 11) is 0. The van der Waals surface area contributed by atoms with E-state index in [2.05, 4.69) is 223 Å². The number of nitrogens with zero attached hydrogens (tertiary/aromatic N) is 1. The first-order chi connectivity index (χ1) is 31.3. The zero-order valence-corrected chi connectivity index (χ0v) is 36.1. The van der Waals surface area contributed by atoms with Gasteiger partial charge in [-0.2, -0.15) is 0 Å². The third-order valence-electron chi connectivity index (χ3n) is 14.0. The van der Waals surface area contributed by atoms with Gasteiger partial charge >= 0.3 is 0 Å². The first-order valence-electron chi connectivity index (χ1n) is 22.6. The molecule has 302 valence electrons. The largest absolute Gasteiger partial charge is 0.310 e. The Morgan fingerprint density at radius 1 is 0.429 bits per heavy atom. The molecule has 0 N–H and O–H groups in total. The lowest BCUT2D eigenvalue weighted by Crippen LogP contribution is -2.29. The van der Waals surface area contributed by atoms with E-state index in [1.165, 1.54) is 125 Å². The highest BCUT2D eigenvalue weighted by Gasteiger charge is 2.47. The SMILES string of the molecule is c1ccc(-c2ccc(N(c3ccc(C4CCCCC4)cc3)c3cccc(-c4ccccc4C4(c5ccccc5)c5ccccc5-c5ccccc54)c3)c3c2sc2ccccc23)cc1. The molecule has 2 aliphatic rings. The molecule has 10 aromatic rings. The van der Waals surface area contributed by atoms with E-state index in [1.807, 2.05) is 11.3 Å². The van der Waals surface area contributed by atoms with Gasteiger partial charge in [0, 0.05) is 31.5 Å². The Morgan fingerprint density at radius 2 is 1.02 bits per heavy atom. The summed E-state index contributed by atoms with van der Waals surface area (Å²) in [5.41, 5.74) is 17.2. The summed E-state index contributed by atoms with van der Waals surface area (Å²) >= 11 is 1.90. The van der Waals surface area contributed by atoms with E-state index >= 15 is 0 Å². The molecule has 63 heavy (non-hydrogen) atoms. The summed E-state index contributed by atoms with van der Waals surface area (Å²) in [6.45, 7) is 0. The van der Waals surface area contributed by atoms with E-state index in [0.717, 1.165) is 5.69 Å². The van der Waals surface area contributed by atoms with E-state index in [-0.39, 0.29) is 0 Å². The zero-order chi connectivity index (χ0) is 41.7. The molecule has 0 saturated heterocycles. The van der Waals surface area contributed by atoms with Crippen LogP contribution in [-0.4, -0.2) is 0 Å². The maximum Gasteiger partial charge on any atom is 0.0719 e. The Labute approximate surface area is 374 Å². The van der Waals surface area contributed by atoms with Crippen molar-refractivity contribution in [2.24, 2.45) is 0 Å². The van der Waals surface area contributed by atoms with E-state index in [9.17, 15) is 0 Å². The molecule has 0 aliphatic heterocycles. The van der Waals surface area contributed by atoms with Crippen molar-refractivity contribution in [3.63, 3.8) is 0 Å². The molecule has 1 aromatic heterocycles. The normalized spacial score (nSPS) is 14.4. The molecule has 2 heteroatoms. The Hall–Kier alpha value is -7.00. The topological polar surface area (TPSA) is 3.24 Å². The highest BCUT2D eigenvalue weighted by molar-refractivity contribution is 7.26. The predicted octanol–water partition coefficient (Wildman–Crippen LogP) is 17.3. The number of thiophene rings is 1. The van der Waals surface area contributed by atoms with Crippen molar-refractivity contribution in [3.05, 3.63) is 246 Å². The maximum atomic E-state index is 2.53. The van der Waals surface area contributed by atoms with E-state index in [0.29, 0.717) is 5.92 Å². The van der Waals surface area contributed by atoms with Gasteiger partial charge in [0.2, 0.25) is 0 Å². The van der Waals surface area contributed by atoms with Gasteiger partial charge in [0.1, 0.15) is 0 Å². The number of anilines is 3. The average molecular weight is 826 g/mol. The van der Waals surface area contributed by atoms with Crippen LogP contribution in [0.2, 0.25) is 0 Å². The summed E-state index contributed by atoms with van der Waals surface area (Å²) in [4.78, 5) is 2.53. The third-order valence-corrected chi connectivity index (χ3v) is 15.2. The quantitative estimate of drug-likeness (QED) is 0.148.